The van der Waals surface area contributed by atoms with Crippen molar-refractivity contribution < 1.29 is 14.1 Å². The summed E-state index contributed by atoms with van der Waals surface area (Å²) >= 11 is 0. The summed E-state index contributed by atoms with van der Waals surface area (Å²) in [5, 5.41) is 12.6. The summed E-state index contributed by atoms with van der Waals surface area (Å²) in [6, 6.07) is 8.52. The number of hydrogen-bond donors (Lipinski definition) is 2. The fraction of sp³-hybridized carbons (Fsp3) is 0.455. The van der Waals surface area contributed by atoms with Crippen LogP contribution in [0.15, 0.2) is 24.3 Å². The highest BCUT2D eigenvalue weighted by molar-refractivity contribution is 5.92. The van der Waals surface area contributed by atoms with Gasteiger partial charge in [-0.15, -0.1) is 0 Å². The number of carbonyl (C=O) groups excluding carboxylic acids is 1. The van der Waals surface area contributed by atoms with Crippen LogP contribution in [0, 0.1) is 36.9 Å². The predicted molar refractivity (Wildman–Crippen MR) is 107 cm³/mol. The molecule has 148 valence electrons. The summed E-state index contributed by atoms with van der Waals surface area (Å²) in [4.78, 5) is 14.0. The van der Waals surface area contributed by atoms with Gasteiger partial charge in [-0.1, -0.05) is 19.1 Å². The fourth-order valence-corrected chi connectivity index (χ4v) is 4.06. The Morgan fingerprint density at radius 1 is 1.36 bits per heavy atom. The van der Waals surface area contributed by atoms with E-state index in [0.29, 0.717) is 30.4 Å². The number of carbonyl (C=O) groups is 1. The molecule has 6 heteroatoms. The predicted octanol–water partition coefficient (Wildman–Crippen LogP) is 2.42. The minimum absolute atomic E-state index is 0.0709. The maximum Gasteiger partial charge on any atom is 0.280 e. The molecule has 0 saturated carbocycles. The molecule has 1 aliphatic rings. The molecule has 2 aromatic rings. The van der Waals surface area contributed by atoms with Crippen LogP contribution in [0.5, 0.6) is 0 Å². The average molecular weight is 383 g/mol. The summed E-state index contributed by atoms with van der Waals surface area (Å²) in [5.74, 6) is 0.821. The Balaban J connectivity index is 1.82. The number of likely N-dealkylation sites (tertiary alicyclic amines) is 1. The lowest BCUT2D eigenvalue weighted by molar-refractivity contribution is -0.900. The van der Waals surface area contributed by atoms with E-state index in [4.69, 9.17) is 0 Å². The summed E-state index contributed by atoms with van der Waals surface area (Å²) in [6.07, 6.45) is 2.37. The number of halogens is 1. The molecule has 1 aromatic heterocycles. The first kappa shape index (κ1) is 20.1. The maximum absolute atomic E-state index is 13.2. The van der Waals surface area contributed by atoms with Crippen LogP contribution in [0.1, 0.15) is 42.1 Å². The van der Waals surface area contributed by atoms with Crippen molar-refractivity contribution in [2.75, 3.05) is 25.0 Å². The van der Waals surface area contributed by atoms with Gasteiger partial charge in [0.2, 0.25) is 0 Å². The van der Waals surface area contributed by atoms with Crippen molar-refractivity contribution in [1.82, 2.24) is 4.57 Å². The molecule has 2 atom stereocenters. The molecule has 28 heavy (non-hydrogen) atoms. The lowest BCUT2D eigenvalue weighted by Gasteiger charge is -2.27. The van der Waals surface area contributed by atoms with E-state index in [0.717, 1.165) is 36.3 Å². The van der Waals surface area contributed by atoms with Crippen molar-refractivity contribution in [2.45, 2.75) is 40.2 Å². The molecular weight excluding hydrogens is 355 g/mol. The van der Waals surface area contributed by atoms with E-state index in [-0.39, 0.29) is 11.7 Å². The minimum atomic E-state index is -0.283. The van der Waals surface area contributed by atoms with Crippen molar-refractivity contribution in [3.63, 3.8) is 0 Å². The van der Waals surface area contributed by atoms with Gasteiger partial charge < -0.3 is 14.8 Å². The molecular formula is C22H28FN4O+. The summed E-state index contributed by atoms with van der Waals surface area (Å²) in [6.45, 7) is 8.96. The average Bonchev–Trinajstić information content (AvgIpc) is 2.87. The van der Waals surface area contributed by atoms with E-state index in [2.05, 4.69) is 18.3 Å². The number of nitriles is 1. The molecule has 1 unspecified atom stereocenters. The number of amides is 1. The second-order valence-corrected chi connectivity index (χ2v) is 7.93. The summed E-state index contributed by atoms with van der Waals surface area (Å²) in [7, 11) is 0. The van der Waals surface area contributed by atoms with Gasteiger partial charge in [-0.25, -0.2) is 4.39 Å². The number of nitrogens with zero attached hydrogens (tertiary/aromatic N) is 2. The number of benzene rings is 1. The van der Waals surface area contributed by atoms with Crippen LogP contribution in [0.25, 0.3) is 0 Å². The van der Waals surface area contributed by atoms with Crippen LogP contribution >= 0.6 is 0 Å². The molecule has 0 bridgehead atoms. The van der Waals surface area contributed by atoms with Crippen molar-refractivity contribution >= 4 is 11.7 Å². The van der Waals surface area contributed by atoms with Gasteiger partial charge in [0.25, 0.3) is 5.91 Å². The summed E-state index contributed by atoms with van der Waals surface area (Å²) < 4.78 is 15.2. The van der Waals surface area contributed by atoms with Gasteiger partial charge in [0.05, 0.1) is 18.7 Å². The highest BCUT2D eigenvalue weighted by Crippen LogP contribution is 2.27. The van der Waals surface area contributed by atoms with Gasteiger partial charge in [0.15, 0.2) is 6.54 Å². The zero-order valence-corrected chi connectivity index (χ0v) is 16.8. The number of anilines is 1. The Kier molecular flexibility index (Phi) is 6.15. The Hall–Kier alpha value is -2.65. The van der Waals surface area contributed by atoms with Crippen molar-refractivity contribution in [3.8, 4) is 6.07 Å². The van der Waals surface area contributed by atoms with Gasteiger partial charge in [0.1, 0.15) is 17.7 Å². The molecule has 1 fully saturated rings. The smallest absolute Gasteiger partial charge is 0.280 e. The Morgan fingerprint density at radius 2 is 2.07 bits per heavy atom. The zero-order chi connectivity index (χ0) is 20.3. The van der Waals surface area contributed by atoms with Crippen LogP contribution in [0.4, 0.5) is 10.2 Å². The third-order valence-corrected chi connectivity index (χ3v) is 5.73. The van der Waals surface area contributed by atoms with E-state index in [1.54, 1.807) is 12.1 Å². The van der Waals surface area contributed by atoms with E-state index >= 15 is 0 Å². The number of aromatic nitrogens is 1. The Morgan fingerprint density at radius 3 is 2.71 bits per heavy atom. The molecule has 0 radical (unpaired) electrons. The highest BCUT2D eigenvalue weighted by Gasteiger charge is 2.24. The molecule has 0 spiro atoms. The van der Waals surface area contributed by atoms with Gasteiger partial charge >= 0.3 is 0 Å². The molecule has 0 aliphatic carbocycles. The molecule has 1 saturated heterocycles. The fourth-order valence-electron chi connectivity index (χ4n) is 4.06. The van der Waals surface area contributed by atoms with Crippen LogP contribution < -0.4 is 10.2 Å². The number of piperidine rings is 1. The molecule has 1 aliphatic heterocycles. The number of rotatable bonds is 5. The monoisotopic (exact) mass is 383 g/mol. The topological polar surface area (TPSA) is 62.3 Å². The van der Waals surface area contributed by atoms with E-state index in [1.807, 2.05) is 18.4 Å². The van der Waals surface area contributed by atoms with Crippen molar-refractivity contribution in [2.24, 2.45) is 5.92 Å². The molecule has 2 heterocycles. The molecule has 3 rings (SSSR count). The van der Waals surface area contributed by atoms with Crippen molar-refractivity contribution in [3.05, 3.63) is 52.5 Å². The number of quaternary nitrogens is 1. The molecule has 1 amide bonds. The molecule has 5 nitrogen and oxygen atoms in total. The minimum Gasteiger partial charge on any atom is -0.327 e. The van der Waals surface area contributed by atoms with Gasteiger partial charge in [-0.05, 0) is 49.9 Å². The van der Waals surface area contributed by atoms with Crippen LogP contribution in [0.3, 0.4) is 0 Å². The van der Waals surface area contributed by atoms with E-state index in [9.17, 15) is 14.4 Å². The van der Waals surface area contributed by atoms with Gasteiger partial charge in [-0.3, -0.25) is 4.79 Å². The first-order valence-electron chi connectivity index (χ1n) is 9.86. The first-order valence-corrected chi connectivity index (χ1v) is 9.86. The molecule has 1 aromatic carbocycles. The van der Waals surface area contributed by atoms with E-state index < -0.39 is 0 Å². The van der Waals surface area contributed by atoms with Gasteiger partial charge in [0, 0.05) is 18.2 Å². The van der Waals surface area contributed by atoms with Crippen molar-refractivity contribution in [1.29, 1.82) is 5.26 Å². The zero-order valence-electron chi connectivity index (χ0n) is 16.8. The Bertz CT molecular complexity index is 895. The lowest BCUT2D eigenvalue weighted by Crippen LogP contribution is -3.14. The normalized spacial score (nSPS) is 19.2. The highest BCUT2D eigenvalue weighted by atomic mass is 19.1. The largest absolute Gasteiger partial charge is 0.327 e. The number of hydrogen-bond acceptors (Lipinski definition) is 2. The van der Waals surface area contributed by atoms with Crippen LogP contribution in [-0.4, -0.2) is 30.1 Å². The third kappa shape index (κ3) is 4.42. The quantitative estimate of drug-likeness (QED) is 0.833. The van der Waals surface area contributed by atoms with E-state index in [1.165, 1.54) is 23.5 Å². The molecule has 2 N–H and O–H groups in total. The standard InChI is InChI=1S/C22H27FN4O/c1-15-5-4-10-26(12-15)14-21(28)25-22-20(11-24)16(2)17(3)27(22)13-18-6-8-19(23)9-7-18/h6-9,15H,4-5,10,12-14H2,1-3H3,(H,25,28)/p+1/t15-/m1/s1. The first-order chi connectivity index (χ1) is 13.4. The summed E-state index contributed by atoms with van der Waals surface area (Å²) in [5.41, 5.74) is 3.19. The van der Waals surface area contributed by atoms with Crippen LogP contribution in [0.2, 0.25) is 0 Å². The SMILES string of the molecule is Cc1c(C#N)c(NC(=O)C[NH+]2CCC[C@@H](C)C2)n(Cc2ccc(F)cc2)c1C. The Labute approximate surface area is 165 Å². The number of nitrogens with one attached hydrogen (secondary N) is 2. The lowest BCUT2D eigenvalue weighted by atomic mass is 10.0. The van der Waals surface area contributed by atoms with Crippen LogP contribution in [-0.2, 0) is 11.3 Å². The maximum atomic E-state index is 13.2. The van der Waals surface area contributed by atoms with Gasteiger partial charge in [-0.2, -0.15) is 5.26 Å². The second kappa shape index (κ2) is 8.57. The second-order valence-electron chi connectivity index (χ2n) is 7.93. The third-order valence-electron chi connectivity index (χ3n) is 5.73.